The third kappa shape index (κ3) is 9.18. The first-order valence-electron chi connectivity index (χ1n) is 9.79. The van der Waals surface area contributed by atoms with Crippen LogP contribution in [0.1, 0.15) is 18.1 Å². The largest absolute Gasteiger partial charge is 0.508 e. The third-order valence-corrected chi connectivity index (χ3v) is 4.08. The number of esters is 3. The molecule has 0 heterocycles. The number of carbonyl (C=O) groups is 3. The van der Waals surface area contributed by atoms with Crippen molar-refractivity contribution in [3.8, 4) is 17.2 Å². The average molecular weight is 456 g/mol. The fraction of sp³-hybridized carbons (Fsp3) is 0.208. The van der Waals surface area contributed by atoms with E-state index >= 15 is 0 Å². The molecule has 0 fully saturated rings. The smallest absolute Gasteiger partial charge is 0.330 e. The van der Waals surface area contributed by atoms with Crippen molar-refractivity contribution in [1.82, 2.24) is 0 Å². The number of ether oxygens (including phenoxy) is 4. The molecule has 174 valence electrons. The lowest BCUT2D eigenvalue weighted by Gasteiger charge is -2.16. The molecule has 0 saturated carbocycles. The molecule has 0 aliphatic carbocycles. The van der Waals surface area contributed by atoms with Crippen LogP contribution >= 0.6 is 0 Å². The van der Waals surface area contributed by atoms with Crippen LogP contribution in [0.4, 0.5) is 0 Å². The number of benzene rings is 2. The third-order valence-electron chi connectivity index (χ3n) is 4.08. The maximum absolute atomic E-state index is 12.0. The van der Waals surface area contributed by atoms with Crippen molar-refractivity contribution >= 4 is 30.1 Å². The van der Waals surface area contributed by atoms with Crippen molar-refractivity contribution in [1.29, 1.82) is 0 Å². The molecule has 2 rings (SSSR count). The number of hydrogen-bond donors (Lipinski definition) is 2. The normalized spacial score (nSPS) is 11.8. The van der Waals surface area contributed by atoms with E-state index in [4.69, 9.17) is 18.9 Å². The summed E-state index contributed by atoms with van der Waals surface area (Å²) >= 11 is 0. The summed E-state index contributed by atoms with van der Waals surface area (Å²) in [4.78, 5) is 35.2. The topological polar surface area (TPSA) is 129 Å². The Hall–Kier alpha value is -4.27. The number of carbonyl (C=O) groups excluding carboxylic acids is 3. The molecule has 1 atom stereocenters. The monoisotopic (exact) mass is 456 g/mol. The number of hydrogen-bond acceptors (Lipinski definition) is 9. The van der Waals surface area contributed by atoms with Crippen LogP contribution in [0.25, 0.3) is 12.2 Å². The van der Waals surface area contributed by atoms with Crippen molar-refractivity contribution in [2.45, 2.75) is 13.0 Å². The molecular formula is C24H24O9. The van der Waals surface area contributed by atoms with Gasteiger partial charge in [-0.15, -0.1) is 0 Å². The zero-order chi connectivity index (χ0) is 24.2. The average Bonchev–Trinajstić information content (AvgIpc) is 2.79. The van der Waals surface area contributed by atoms with Crippen LogP contribution in [0.15, 0.2) is 54.6 Å². The predicted molar refractivity (Wildman–Crippen MR) is 118 cm³/mol. The lowest BCUT2D eigenvalue weighted by molar-refractivity contribution is -0.162. The molecule has 0 amide bonds. The Morgan fingerprint density at radius 1 is 0.879 bits per heavy atom. The second kappa shape index (κ2) is 12.6. The zero-order valence-electron chi connectivity index (χ0n) is 18.1. The summed E-state index contributed by atoms with van der Waals surface area (Å²) in [6.45, 7) is 0.542. The lowest BCUT2D eigenvalue weighted by atomic mass is 10.2. The van der Waals surface area contributed by atoms with Crippen molar-refractivity contribution in [2.75, 3.05) is 20.3 Å². The minimum absolute atomic E-state index is 0.0334. The maximum atomic E-state index is 12.0. The van der Waals surface area contributed by atoms with Gasteiger partial charge in [0.2, 0.25) is 0 Å². The van der Waals surface area contributed by atoms with E-state index in [1.807, 2.05) is 0 Å². The molecule has 2 aromatic rings. The summed E-state index contributed by atoms with van der Waals surface area (Å²) in [6.07, 6.45) is 4.30. The Morgan fingerprint density at radius 3 is 1.97 bits per heavy atom. The quantitative estimate of drug-likeness (QED) is 0.315. The first kappa shape index (κ1) is 25.0. The molecule has 9 nitrogen and oxygen atoms in total. The van der Waals surface area contributed by atoms with E-state index in [9.17, 15) is 24.6 Å². The summed E-state index contributed by atoms with van der Waals surface area (Å²) in [5.41, 5.74) is 1.26. The van der Waals surface area contributed by atoms with Gasteiger partial charge in [0.05, 0.1) is 7.11 Å². The minimum Gasteiger partial charge on any atom is -0.508 e. The van der Waals surface area contributed by atoms with Crippen molar-refractivity contribution in [3.63, 3.8) is 0 Å². The van der Waals surface area contributed by atoms with Gasteiger partial charge in [-0.2, -0.15) is 0 Å². The lowest BCUT2D eigenvalue weighted by Crippen LogP contribution is -2.29. The molecule has 0 spiro atoms. The molecule has 0 aromatic heterocycles. The van der Waals surface area contributed by atoms with E-state index in [-0.39, 0.29) is 30.5 Å². The Bertz CT molecular complexity index is 1020. The first-order valence-corrected chi connectivity index (χ1v) is 9.79. The molecule has 0 aliphatic rings. The molecule has 9 heteroatoms. The summed E-state index contributed by atoms with van der Waals surface area (Å²) in [7, 11) is 1.40. The van der Waals surface area contributed by atoms with Crippen LogP contribution in [0.2, 0.25) is 0 Å². The molecule has 0 aliphatic heterocycles. The van der Waals surface area contributed by atoms with Gasteiger partial charge in [0.25, 0.3) is 0 Å². The van der Waals surface area contributed by atoms with E-state index in [1.54, 1.807) is 18.2 Å². The van der Waals surface area contributed by atoms with Gasteiger partial charge in [-0.3, -0.25) is 4.79 Å². The second-order valence-electron chi connectivity index (χ2n) is 6.68. The first-order chi connectivity index (χ1) is 15.8. The Labute approximate surface area is 190 Å². The van der Waals surface area contributed by atoms with Gasteiger partial charge in [-0.1, -0.05) is 18.2 Å². The van der Waals surface area contributed by atoms with Crippen LogP contribution in [-0.2, 0) is 28.6 Å². The Balaban J connectivity index is 1.86. The maximum Gasteiger partial charge on any atom is 0.330 e. The van der Waals surface area contributed by atoms with Crippen molar-refractivity contribution < 1.29 is 43.5 Å². The van der Waals surface area contributed by atoms with Crippen LogP contribution in [0.5, 0.6) is 17.2 Å². The van der Waals surface area contributed by atoms with Crippen LogP contribution in [-0.4, -0.2) is 54.5 Å². The van der Waals surface area contributed by atoms with Gasteiger partial charge < -0.3 is 29.2 Å². The molecular weight excluding hydrogens is 432 g/mol. The summed E-state index contributed by atoms with van der Waals surface area (Å²) in [5, 5.41) is 18.8. The van der Waals surface area contributed by atoms with E-state index in [0.29, 0.717) is 11.1 Å². The molecule has 2 N–H and O–H groups in total. The van der Waals surface area contributed by atoms with Gasteiger partial charge in [-0.05, 0) is 47.5 Å². The van der Waals surface area contributed by atoms with E-state index in [0.717, 1.165) is 6.08 Å². The van der Waals surface area contributed by atoms with Crippen LogP contribution in [0.3, 0.4) is 0 Å². The van der Waals surface area contributed by atoms with Gasteiger partial charge in [0.1, 0.15) is 19.0 Å². The SMILES string of the molecule is COc1cc(/C=C/C(=O)OCC(COC(=O)/C=C/c2ccc(O)cc2)OC(C)=O)ccc1O. The highest BCUT2D eigenvalue weighted by molar-refractivity contribution is 5.87. The molecule has 0 bridgehead atoms. The number of rotatable bonds is 10. The van der Waals surface area contributed by atoms with Gasteiger partial charge in [0.15, 0.2) is 17.6 Å². The van der Waals surface area contributed by atoms with Crippen LogP contribution < -0.4 is 4.74 Å². The molecule has 1 unspecified atom stereocenters. The minimum atomic E-state index is -0.986. The number of methoxy groups -OCH3 is 1. The predicted octanol–water partition coefficient (Wildman–Crippen LogP) is 2.85. The van der Waals surface area contributed by atoms with Gasteiger partial charge in [0, 0.05) is 19.1 Å². The molecule has 2 aromatic carbocycles. The zero-order valence-corrected chi connectivity index (χ0v) is 18.1. The number of aromatic hydroxyl groups is 2. The summed E-state index contributed by atoms with van der Waals surface area (Å²) in [5.74, 6) is -1.70. The fourth-order valence-corrected chi connectivity index (χ4v) is 2.51. The van der Waals surface area contributed by atoms with E-state index in [1.165, 1.54) is 56.5 Å². The fourth-order valence-electron chi connectivity index (χ4n) is 2.51. The van der Waals surface area contributed by atoms with E-state index in [2.05, 4.69) is 0 Å². The highest BCUT2D eigenvalue weighted by Crippen LogP contribution is 2.26. The van der Waals surface area contributed by atoms with Crippen molar-refractivity contribution in [2.24, 2.45) is 0 Å². The van der Waals surface area contributed by atoms with Gasteiger partial charge >= 0.3 is 17.9 Å². The van der Waals surface area contributed by atoms with Crippen LogP contribution in [0, 0.1) is 0 Å². The molecule has 33 heavy (non-hydrogen) atoms. The number of phenolic OH excluding ortho intramolecular Hbond substituents is 2. The summed E-state index contributed by atoms with van der Waals surface area (Å²) < 4.78 is 20.1. The standard InChI is InChI=1S/C24H24O9/c1-16(25)33-20(14-31-23(28)11-6-17-3-8-19(26)9-4-17)15-32-24(29)12-7-18-5-10-21(27)22(13-18)30-2/h3-13,20,26-27H,14-15H2,1-2H3/b11-6+,12-7+. The Kier molecular flexibility index (Phi) is 9.51. The van der Waals surface area contributed by atoms with Crippen molar-refractivity contribution in [3.05, 3.63) is 65.7 Å². The number of phenols is 2. The Morgan fingerprint density at radius 2 is 1.42 bits per heavy atom. The van der Waals surface area contributed by atoms with E-state index < -0.39 is 24.0 Å². The second-order valence-corrected chi connectivity index (χ2v) is 6.68. The summed E-state index contributed by atoms with van der Waals surface area (Å²) in [6, 6.07) is 10.7. The van der Waals surface area contributed by atoms with Gasteiger partial charge in [-0.25, -0.2) is 9.59 Å². The molecule has 0 saturated heterocycles. The molecule has 0 radical (unpaired) electrons. The highest BCUT2D eigenvalue weighted by Gasteiger charge is 2.16. The highest BCUT2D eigenvalue weighted by atomic mass is 16.6.